The van der Waals surface area contributed by atoms with Crippen molar-refractivity contribution >= 4 is 22.1 Å². The van der Waals surface area contributed by atoms with Gasteiger partial charge >= 0.3 is 0 Å². The molecule has 0 radical (unpaired) electrons. The van der Waals surface area contributed by atoms with Gasteiger partial charge in [0.2, 0.25) is 5.58 Å². The Labute approximate surface area is 83.9 Å². The molecule has 0 aromatic carbocycles. The Kier molecular flexibility index (Phi) is 1.39. The number of aromatic nitrogens is 2. The van der Waals surface area contributed by atoms with Gasteiger partial charge in [-0.1, -0.05) is 0 Å². The standard InChI is InChI=1S/C10H6N2O3/c13-11-5-3-8-7(6-11)10-9(15-8)2-1-4-12(10)14/h1-6H. The zero-order valence-corrected chi connectivity index (χ0v) is 7.58. The summed E-state index contributed by atoms with van der Waals surface area (Å²) in [5.74, 6) is 0. The first-order valence-corrected chi connectivity index (χ1v) is 4.39. The van der Waals surface area contributed by atoms with Crippen molar-refractivity contribution in [1.82, 2.24) is 0 Å². The van der Waals surface area contributed by atoms with Gasteiger partial charge in [0, 0.05) is 12.1 Å². The smallest absolute Gasteiger partial charge is 0.276 e. The molecule has 0 aliphatic heterocycles. The van der Waals surface area contributed by atoms with Crippen LogP contribution in [0.1, 0.15) is 0 Å². The van der Waals surface area contributed by atoms with Crippen molar-refractivity contribution in [2.75, 3.05) is 0 Å². The molecular weight excluding hydrogens is 196 g/mol. The van der Waals surface area contributed by atoms with Crippen LogP contribution in [0.5, 0.6) is 0 Å². The van der Waals surface area contributed by atoms with Crippen LogP contribution in [-0.2, 0) is 0 Å². The average molecular weight is 202 g/mol. The number of rotatable bonds is 0. The lowest BCUT2D eigenvalue weighted by Crippen LogP contribution is -2.27. The molecule has 0 unspecified atom stereocenters. The lowest BCUT2D eigenvalue weighted by molar-refractivity contribution is -0.604. The van der Waals surface area contributed by atoms with E-state index >= 15 is 0 Å². The highest BCUT2D eigenvalue weighted by Crippen LogP contribution is 2.23. The highest BCUT2D eigenvalue weighted by molar-refractivity contribution is 5.99. The quantitative estimate of drug-likeness (QED) is 0.401. The van der Waals surface area contributed by atoms with Gasteiger partial charge in [-0.2, -0.15) is 9.46 Å². The maximum atomic E-state index is 11.5. The Morgan fingerprint density at radius 3 is 2.80 bits per heavy atom. The van der Waals surface area contributed by atoms with Gasteiger partial charge in [-0.15, -0.1) is 0 Å². The summed E-state index contributed by atoms with van der Waals surface area (Å²) in [6, 6.07) is 4.84. The summed E-state index contributed by atoms with van der Waals surface area (Å²) >= 11 is 0. The Morgan fingerprint density at radius 2 is 1.93 bits per heavy atom. The first-order chi connectivity index (χ1) is 7.25. The SMILES string of the molecule is [O-][n+]1ccc2oc3ccc[n+]([O-])c3c2c1. The summed E-state index contributed by atoms with van der Waals surface area (Å²) in [4.78, 5) is 0. The third kappa shape index (κ3) is 1.03. The first-order valence-electron chi connectivity index (χ1n) is 4.39. The Bertz CT molecular complexity index is 660. The molecule has 0 N–H and O–H groups in total. The minimum absolute atomic E-state index is 0.387. The average Bonchev–Trinajstić information content (AvgIpc) is 2.57. The van der Waals surface area contributed by atoms with E-state index in [1.165, 1.54) is 18.6 Å². The molecule has 0 amide bonds. The van der Waals surface area contributed by atoms with E-state index < -0.39 is 0 Å². The summed E-state index contributed by atoms with van der Waals surface area (Å²) in [6.45, 7) is 0. The zero-order chi connectivity index (χ0) is 10.4. The number of furan rings is 1. The molecule has 3 rings (SSSR count). The van der Waals surface area contributed by atoms with E-state index in [-0.39, 0.29) is 0 Å². The fraction of sp³-hybridized carbons (Fsp3) is 0. The summed E-state index contributed by atoms with van der Waals surface area (Å²) in [7, 11) is 0. The van der Waals surface area contributed by atoms with E-state index in [2.05, 4.69) is 0 Å². The third-order valence-electron chi connectivity index (χ3n) is 2.29. The van der Waals surface area contributed by atoms with Crippen molar-refractivity contribution in [2.24, 2.45) is 0 Å². The van der Waals surface area contributed by atoms with E-state index in [1.54, 1.807) is 18.2 Å². The monoisotopic (exact) mass is 202 g/mol. The van der Waals surface area contributed by atoms with Crippen molar-refractivity contribution < 1.29 is 13.9 Å². The van der Waals surface area contributed by atoms with Crippen molar-refractivity contribution in [3.05, 3.63) is 47.2 Å². The Morgan fingerprint density at radius 1 is 1.07 bits per heavy atom. The molecule has 0 saturated carbocycles. The molecular formula is C10H6N2O3. The van der Waals surface area contributed by atoms with Gasteiger partial charge in [0.1, 0.15) is 0 Å². The summed E-state index contributed by atoms with van der Waals surface area (Å²) in [6.07, 6.45) is 4.04. The summed E-state index contributed by atoms with van der Waals surface area (Å²) < 4.78 is 6.75. The molecule has 5 nitrogen and oxygen atoms in total. The van der Waals surface area contributed by atoms with Gasteiger partial charge < -0.3 is 14.8 Å². The van der Waals surface area contributed by atoms with Crippen molar-refractivity contribution in [3.8, 4) is 0 Å². The van der Waals surface area contributed by atoms with E-state index in [0.29, 0.717) is 31.5 Å². The van der Waals surface area contributed by atoms with Crippen LogP contribution in [0.4, 0.5) is 0 Å². The zero-order valence-electron chi connectivity index (χ0n) is 7.58. The van der Waals surface area contributed by atoms with Gasteiger partial charge in [-0.25, -0.2) is 0 Å². The fourth-order valence-electron chi connectivity index (χ4n) is 1.65. The second kappa shape index (κ2) is 2.60. The predicted molar refractivity (Wildman–Crippen MR) is 51.6 cm³/mol. The minimum Gasteiger partial charge on any atom is -0.619 e. The van der Waals surface area contributed by atoms with Crippen molar-refractivity contribution in [1.29, 1.82) is 0 Å². The molecule has 3 aromatic heterocycles. The molecule has 0 aliphatic carbocycles. The van der Waals surface area contributed by atoms with Crippen LogP contribution in [0.2, 0.25) is 0 Å². The Hall–Kier alpha value is -2.30. The molecule has 0 bridgehead atoms. The number of hydrogen-bond acceptors (Lipinski definition) is 3. The second-order valence-electron chi connectivity index (χ2n) is 3.23. The van der Waals surface area contributed by atoms with Gasteiger partial charge in [0.15, 0.2) is 29.6 Å². The minimum atomic E-state index is 0.387. The molecule has 3 heterocycles. The van der Waals surface area contributed by atoms with Crippen LogP contribution in [0, 0.1) is 10.4 Å². The van der Waals surface area contributed by atoms with Gasteiger partial charge in [0.25, 0.3) is 5.52 Å². The largest absolute Gasteiger partial charge is 0.619 e. The number of hydrogen-bond donors (Lipinski definition) is 0. The molecule has 3 aromatic rings. The number of pyridine rings is 2. The number of nitrogens with zero attached hydrogens (tertiary/aromatic N) is 2. The van der Waals surface area contributed by atoms with E-state index in [1.807, 2.05) is 0 Å². The lowest BCUT2D eigenvalue weighted by Gasteiger charge is -1.95. The maximum absolute atomic E-state index is 11.5. The topological polar surface area (TPSA) is 67.0 Å². The normalized spacial score (nSPS) is 11.2. The number of fused-ring (bicyclic) bond motifs is 3. The molecule has 74 valence electrons. The molecule has 5 heteroatoms. The maximum Gasteiger partial charge on any atom is 0.276 e. The molecule has 0 saturated heterocycles. The van der Waals surface area contributed by atoms with Crippen LogP contribution < -0.4 is 9.46 Å². The van der Waals surface area contributed by atoms with Crippen LogP contribution in [-0.4, -0.2) is 0 Å². The van der Waals surface area contributed by atoms with Crippen molar-refractivity contribution in [3.63, 3.8) is 0 Å². The molecule has 0 fully saturated rings. The van der Waals surface area contributed by atoms with Crippen molar-refractivity contribution in [2.45, 2.75) is 0 Å². The van der Waals surface area contributed by atoms with Gasteiger partial charge in [-0.05, 0) is 6.07 Å². The van der Waals surface area contributed by atoms with Gasteiger partial charge in [0.05, 0.1) is 0 Å². The highest BCUT2D eigenvalue weighted by Gasteiger charge is 2.16. The summed E-state index contributed by atoms with van der Waals surface area (Å²) in [5.41, 5.74) is 1.40. The highest BCUT2D eigenvalue weighted by atomic mass is 16.5. The summed E-state index contributed by atoms with van der Waals surface area (Å²) in [5, 5.41) is 23.1. The molecule has 15 heavy (non-hydrogen) atoms. The van der Waals surface area contributed by atoms with Crippen LogP contribution in [0.15, 0.2) is 41.2 Å². The van der Waals surface area contributed by atoms with Crippen LogP contribution in [0.3, 0.4) is 0 Å². The van der Waals surface area contributed by atoms with Crippen LogP contribution >= 0.6 is 0 Å². The molecule has 0 aliphatic rings. The predicted octanol–water partition coefficient (Wildman–Crippen LogP) is 0.853. The molecule has 0 spiro atoms. The Balaban J connectivity index is 2.61. The lowest BCUT2D eigenvalue weighted by atomic mass is 10.3. The second-order valence-corrected chi connectivity index (χ2v) is 3.23. The van der Waals surface area contributed by atoms with E-state index in [4.69, 9.17) is 4.42 Å². The third-order valence-corrected chi connectivity index (χ3v) is 2.29. The van der Waals surface area contributed by atoms with E-state index in [0.717, 1.165) is 0 Å². The molecule has 0 atom stereocenters. The first kappa shape index (κ1) is 8.05. The van der Waals surface area contributed by atoms with E-state index in [9.17, 15) is 10.4 Å². The van der Waals surface area contributed by atoms with Crippen LogP contribution in [0.25, 0.3) is 22.1 Å². The van der Waals surface area contributed by atoms with Gasteiger partial charge in [-0.3, -0.25) is 0 Å². The fourth-order valence-corrected chi connectivity index (χ4v) is 1.65.